The quantitative estimate of drug-likeness (QED) is 0.811. The molecule has 0 aliphatic rings. The molecule has 0 aromatic heterocycles. The van der Waals surface area contributed by atoms with Gasteiger partial charge in [-0.05, 0) is 62.1 Å². The van der Waals surface area contributed by atoms with Gasteiger partial charge in [-0.15, -0.1) is 0 Å². The average Bonchev–Trinajstić information content (AvgIpc) is 2.44. The Kier molecular flexibility index (Phi) is 4.79. The lowest BCUT2D eigenvalue weighted by Gasteiger charge is -2.20. The molecule has 1 unspecified atom stereocenters. The molecule has 0 spiro atoms. The minimum atomic E-state index is 0.218. The number of hydrogen-bond acceptors (Lipinski definition) is 2. The molecule has 2 rings (SSSR count). The summed E-state index contributed by atoms with van der Waals surface area (Å²) < 4.78 is 5.26. The van der Waals surface area contributed by atoms with Crippen molar-refractivity contribution in [3.05, 3.63) is 57.6 Å². The van der Waals surface area contributed by atoms with E-state index in [9.17, 15) is 0 Å². The number of rotatable bonds is 4. The van der Waals surface area contributed by atoms with Crippen molar-refractivity contribution in [3.63, 3.8) is 0 Å². The van der Waals surface area contributed by atoms with Crippen LogP contribution < -0.4 is 10.1 Å². The summed E-state index contributed by atoms with van der Waals surface area (Å²) in [6.45, 7) is 8.62. The minimum Gasteiger partial charge on any atom is -0.495 e. The summed E-state index contributed by atoms with van der Waals surface area (Å²) in [6.07, 6.45) is 0. The third-order valence-corrected chi connectivity index (χ3v) is 4.20. The van der Waals surface area contributed by atoms with Crippen molar-refractivity contribution < 1.29 is 4.74 Å². The van der Waals surface area contributed by atoms with E-state index in [4.69, 9.17) is 16.3 Å². The van der Waals surface area contributed by atoms with Gasteiger partial charge in [0, 0.05) is 17.8 Å². The van der Waals surface area contributed by atoms with Crippen LogP contribution in [0, 0.1) is 20.8 Å². The average molecular weight is 304 g/mol. The van der Waals surface area contributed by atoms with Crippen molar-refractivity contribution >= 4 is 17.3 Å². The van der Waals surface area contributed by atoms with E-state index in [2.05, 4.69) is 45.1 Å². The fourth-order valence-corrected chi connectivity index (χ4v) is 2.72. The molecule has 0 saturated carbocycles. The normalized spacial score (nSPS) is 12.1. The first-order valence-corrected chi connectivity index (χ1v) is 7.48. The molecular formula is C18H22ClNO. The molecule has 1 N–H and O–H groups in total. The smallest absolute Gasteiger partial charge is 0.139 e. The fourth-order valence-electron chi connectivity index (χ4n) is 2.53. The second-order valence-corrected chi connectivity index (χ2v) is 5.92. The van der Waals surface area contributed by atoms with Gasteiger partial charge >= 0.3 is 0 Å². The molecule has 112 valence electrons. The van der Waals surface area contributed by atoms with E-state index in [-0.39, 0.29) is 6.04 Å². The summed E-state index contributed by atoms with van der Waals surface area (Å²) in [7, 11) is 1.63. The maximum atomic E-state index is 6.06. The molecule has 0 aliphatic heterocycles. The van der Waals surface area contributed by atoms with Gasteiger partial charge in [0.1, 0.15) is 5.75 Å². The van der Waals surface area contributed by atoms with E-state index in [1.165, 1.54) is 22.3 Å². The number of ether oxygens (including phenoxy) is 1. The third-order valence-electron chi connectivity index (χ3n) is 3.88. The van der Waals surface area contributed by atoms with E-state index in [1.54, 1.807) is 7.11 Å². The van der Waals surface area contributed by atoms with Crippen molar-refractivity contribution in [2.75, 3.05) is 12.4 Å². The zero-order valence-electron chi connectivity index (χ0n) is 13.3. The molecule has 3 heteroatoms. The second-order valence-electron chi connectivity index (χ2n) is 5.51. The molecule has 0 aliphatic carbocycles. The van der Waals surface area contributed by atoms with Crippen LogP contribution in [0.3, 0.4) is 0 Å². The second kappa shape index (κ2) is 6.40. The summed E-state index contributed by atoms with van der Waals surface area (Å²) in [5.41, 5.74) is 6.27. The van der Waals surface area contributed by atoms with Gasteiger partial charge in [-0.2, -0.15) is 0 Å². The molecule has 0 radical (unpaired) electrons. The Morgan fingerprint density at radius 1 is 1.00 bits per heavy atom. The van der Waals surface area contributed by atoms with Gasteiger partial charge in [0.15, 0.2) is 0 Å². The van der Waals surface area contributed by atoms with Crippen molar-refractivity contribution in [1.82, 2.24) is 0 Å². The first kappa shape index (κ1) is 15.7. The monoisotopic (exact) mass is 303 g/mol. The van der Waals surface area contributed by atoms with Gasteiger partial charge in [-0.25, -0.2) is 0 Å². The minimum absolute atomic E-state index is 0.218. The van der Waals surface area contributed by atoms with Crippen LogP contribution in [0.4, 0.5) is 5.69 Å². The number of methoxy groups -OCH3 is 1. The van der Waals surface area contributed by atoms with Crippen LogP contribution in [-0.2, 0) is 0 Å². The zero-order valence-corrected chi connectivity index (χ0v) is 14.0. The summed E-state index contributed by atoms with van der Waals surface area (Å²) in [5.74, 6) is 0.686. The number of hydrogen-bond donors (Lipinski definition) is 1. The summed E-state index contributed by atoms with van der Waals surface area (Å²) in [6, 6.07) is 10.5. The Labute approximate surface area is 132 Å². The lowest BCUT2D eigenvalue weighted by Crippen LogP contribution is -2.09. The topological polar surface area (TPSA) is 21.3 Å². The summed E-state index contributed by atoms with van der Waals surface area (Å²) >= 11 is 6.06. The Morgan fingerprint density at radius 2 is 1.67 bits per heavy atom. The Hall–Kier alpha value is -1.67. The first-order chi connectivity index (χ1) is 9.92. The predicted molar refractivity (Wildman–Crippen MR) is 90.7 cm³/mol. The van der Waals surface area contributed by atoms with Crippen LogP contribution >= 0.6 is 11.6 Å². The van der Waals surface area contributed by atoms with E-state index in [0.29, 0.717) is 10.8 Å². The molecule has 2 aromatic rings. The Bertz CT molecular complexity index is 652. The van der Waals surface area contributed by atoms with Crippen LogP contribution in [0.15, 0.2) is 30.3 Å². The number of halogens is 1. The number of benzene rings is 2. The van der Waals surface area contributed by atoms with Crippen molar-refractivity contribution in [2.24, 2.45) is 0 Å². The van der Waals surface area contributed by atoms with Crippen LogP contribution in [-0.4, -0.2) is 7.11 Å². The highest BCUT2D eigenvalue weighted by Gasteiger charge is 2.11. The van der Waals surface area contributed by atoms with Gasteiger partial charge < -0.3 is 10.1 Å². The van der Waals surface area contributed by atoms with E-state index in [1.807, 2.05) is 18.2 Å². The van der Waals surface area contributed by atoms with E-state index >= 15 is 0 Å². The van der Waals surface area contributed by atoms with Gasteiger partial charge in [0.2, 0.25) is 0 Å². The fraction of sp³-hybridized carbons (Fsp3) is 0.333. The van der Waals surface area contributed by atoms with Crippen molar-refractivity contribution in [3.8, 4) is 5.75 Å². The maximum Gasteiger partial charge on any atom is 0.139 e. The third kappa shape index (κ3) is 3.51. The van der Waals surface area contributed by atoms with Crippen LogP contribution in [0.25, 0.3) is 0 Å². The van der Waals surface area contributed by atoms with Gasteiger partial charge in [-0.3, -0.25) is 0 Å². The van der Waals surface area contributed by atoms with Gasteiger partial charge in [0.05, 0.1) is 12.1 Å². The molecule has 2 aromatic carbocycles. The van der Waals surface area contributed by atoms with Crippen LogP contribution in [0.1, 0.15) is 35.2 Å². The number of nitrogens with one attached hydrogen (secondary N) is 1. The number of aryl methyl sites for hydroxylation is 3. The molecule has 0 amide bonds. The molecule has 21 heavy (non-hydrogen) atoms. The lowest BCUT2D eigenvalue weighted by molar-refractivity contribution is 0.415. The first-order valence-electron chi connectivity index (χ1n) is 7.10. The summed E-state index contributed by atoms with van der Waals surface area (Å²) in [4.78, 5) is 0. The number of anilines is 1. The van der Waals surface area contributed by atoms with E-state index < -0.39 is 0 Å². The zero-order chi connectivity index (χ0) is 15.6. The predicted octanol–water partition coefficient (Wildman–Crippen LogP) is 5.45. The van der Waals surface area contributed by atoms with Gasteiger partial charge in [-0.1, -0.05) is 23.7 Å². The summed E-state index contributed by atoms with van der Waals surface area (Å²) in [5, 5.41) is 4.13. The SMILES string of the molecule is COc1cc(NC(C)c2cc(C)c(C)cc2C)ccc1Cl. The molecule has 0 saturated heterocycles. The molecule has 0 fully saturated rings. The highest BCUT2D eigenvalue weighted by atomic mass is 35.5. The molecular weight excluding hydrogens is 282 g/mol. The van der Waals surface area contributed by atoms with Gasteiger partial charge in [0.25, 0.3) is 0 Å². The van der Waals surface area contributed by atoms with Crippen LogP contribution in [0.2, 0.25) is 5.02 Å². The van der Waals surface area contributed by atoms with Crippen molar-refractivity contribution in [2.45, 2.75) is 33.7 Å². The van der Waals surface area contributed by atoms with Crippen LogP contribution in [0.5, 0.6) is 5.75 Å². The molecule has 2 nitrogen and oxygen atoms in total. The molecule has 0 bridgehead atoms. The van der Waals surface area contributed by atoms with Crippen molar-refractivity contribution in [1.29, 1.82) is 0 Å². The van der Waals surface area contributed by atoms with E-state index in [0.717, 1.165) is 5.69 Å². The Morgan fingerprint density at radius 3 is 2.33 bits per heavy atom. The lowest BCUT2D eigenvalue weighted by atomic mass is 9.96. The standard InChI is InChI=1S/C18H22ClNO/c1-11-8-13(3)16(9-12(11)2)14(4)20-15-6-7-17(19)18(10-15)21-5/h6-10,14,20H,1-5H3. The maximum absolute atomic E-state index is 6.06. The largest absolute Gasteiger partial charge is 0.495 e. The highest BCUT2D eigenvalue weighted by molar-refractivity contribution is 6.32. The molecule has 0 heterocycles. The Balaban J connectivity index is 2.25. The molecule has 1 atom stereocenters. The highest BCUT2D eigenvalue weighted by Crippen LogP contribution is 2.30.